The monoisotopic (exact) mass is 400 g/mol. The Kier molecular flexibility index (Phi) is 5.34. The summed E-state index contributed by atoms with van der Waals surface area (Å²) in [6.45, 7) is 8.27. The van der Waals surface area contributed by atoms with Crippen LogP contribution in [-0.4, -0.2) is 46.7 Å². The van der Waals surface area contributed by atoms with E-state index in [-0.39, 0.29) is 35.2 Å². The number of esters is 1. The second-order valence-corrected chi connectivity index (χ2v) is 9.54. The molecular formula is C24H32O5. The van der Waals surface area contributed by atoms with Gasteiger partial charge in [-0.15, -0.1) is 0 Å². The molecular weight excluding hydrogens is 368 g/mol. The largest absolute Gasteiger partial charge is 0.459 e. The van der Waals surface area contributed by atoms with E-state index in [1.54, 1.807) is 6.08 Å². The molecule has 1 N–H and O–H groups in total. The molecule has 2 aliphatic heterocycles. The Hall–Kier alpha value is -1.69. The molecule has 5 nitrogen and oxygen atoms in total. The third-order valence-corrected chi connectivity index (χ3v) is 6.87. The number of aliphatic hydroxyl groups is 1. The molecule has 2 heterocycles. The second kappa shape index (κ2) is 7.53. The standard InChI is InChI=1S/C24H32O5/c1-15(2)20-17(27-19(25)11-10-16-8-6-5-7-9-16)14-24(4)18(28-24)12-13-23(3)22(29-23)21(20)26/h5-11,15,17-18,20-22,26H,12-14H2,1-4H3/b11-10+/t17-,18-,20-,21+,22+,23+,24+/m1/s1. The molecule has 0 unspecified atom stereocenters. The molecule has 3 fully saturated rings. The van der Waals surface area contributed by atoms with Crippen molar-refractivity contribution in [2.45, 2.75) is 82.6 Å². The van der Waals surface area contributed by atoms with Crippen molar-refractivity contribution in [1.29, 1.82) is 0 Å². The number of epoxide rings is 2. The van der Waals surface area contributed by atoms with E-state index in [1.807, 2.05) is 30.3 Å². The van der Waals surface area contributed by atoms with Crippen LogP contribution >= 0.6 is 0 Å². The fourth-order valence-corrected chi connectivity index (χ4v) is 4.96. The Balaban J connectivity index is 1.54. The topological polar surface area (TPSA) is 71.6 Å². The number of carbonyl (C=O) groups excluding carboxylic acids is 1. The van der Waals surface area contributed by atoms with Crippen LogP contribution in [0.5, 0.6) is 0 Å². The van der Waals surface area contributed by atoms with Crippen molar-refractivity contribution in [1.82, 2.24) is 0 Å². The zero-order valence-electron chi connectivity index (χ0n) is 17.7. The molecule has 158 valence electrons. The quantitative estimate of drug-likeness (QED) is 0.474. The molecule has 0 spiro atoms. The molecule has 0 radical (unpaired) electrons. The summed E-state index contributed by atoms with van der Waals surface area (Å²) in [4.78, 5) is 12.6. The van der Waals surface area contributed by atoms with Gasteiger partial charge in [-0.2, -0.15) is 0 Å². The summed E-state index contributed by atoms with van der Waals surface area (Å²) in [6.07, 6.45) is 4.43. The molecule has 1 aliphatic carbocycles. The van der Waals surface area contributed by atoms with Crippen LogP contribution in [-0.2, 0) is 19.0 Å². The van der Waals surface area contributed by atoms with Crippen LogP contribution in [0.25, 0.3) is 6.08 Å². The van der Waals surface area contributed by atoms with E-state index in [4.69, 9.17) is 14.2 Å². The van der Waals surface area contributed by atoms with Gasteiger partial charge in [0.15, 0.2) is 0 Å². The van der Waals surface area contributed by atoms with Crippen LogP contribution in [0.4, 0.5) is 0 Å². The van der Waals surface area contributed by atoms with Gasteiger partial charge in [0.25, 0.3) is 0 Å². The average Bonchev–Trinajstić information content (AvgIpc) is 3.53. The van der Waals surface area contributed by atoms with E-state index in [9.17, 15) is 9.90 Å². The predicted octanol–water partition coefficient (Wildman–Crippen LogP) is 3.74. The fraction of sp³-hybridized carbons (Fsp3) is 0.625. The van der Waals surface area contributed by atoms with Crippen LogP contribution in [0, 0.1) is 11.8 Å². The van der Waals surface area contributed by atoms with E-state index in [1.165, 1.54) is 6.08 Å². The summed E-state index contributed by atoms with van der Waals surface area (Å²) in [5.41, 5.74) is 0.327. The average molecular weight is 401 g/mol. The molecule has 1 aromatic rings. The third kappa shape index (κ3) is 4.27. The van der Waals surface area contributed by atoms with Gasteiger partial charge < -0.3 is 19.3 Å². The van der Waals surface area contributed by atoms with E-state index < -0.39 is 18.2 Å². The summed E-state index contributed by atoms with van der Waals surface area (Å²) in [5.74, 6) is -0.473. The first kappa shape index (κ1) is 20.6. The first-order chi connectivity index (χ1) is 13.7. The molecule has 0 bridgehead atoms. The lowest BCUT2D eigenvalue weighted by molar-refractivity contribution is -0.152. The molecule has 29 heavy (non-hydrogen) atoms. The fourth-order valence-electron chi connectivity index (χ4n) is 4.96. The molecule has 4 rings (SSSR count). The number of fused-ring (bicyclic) bond motifs is 2. The maximum Gasteiger partial charge on any atom is 0.331 e. The Labute approximate surface area is 173 Å². The van der Waals surface area contributed by atoms with Crippen LogP contribution < -0.4 is 0 Å². The highest BCUT2D eigenvalue weighted by Gasteiger charge is 2.63. The first-order valence-corrected chi connectivity index (χ1v) is 10.7. The molecule has 2 saturated heterocycles. The Bertz CT molecular complexity index is 775. The second-order valence-electron chi connectivity index (χ2n) is 9.54. The summed E-state index contributed by atoms with van der Waals surface area (Å²) < 4.78 is 17.9. The third-order valence-electron chi connectivity index (χ3n) is 6.87. The minimum Gasteiger partial charge on any atom is -0.459 e. The van der Waals surface area contributed by atoms with E-state index in [0.717, 1.165) is 18.4 Å². The highest BCUT2D eigenvalue weighted by atomic mass is 16.6. The number of hydrogen-bond donors (Lipinski definition) is 1. The zero-order chi connectivity index (χ0) is 20.8. The summed E-state index contributed by atoms with van der Waals surface area (Å²) >= 11 is 0. The zero-order valence-corrected chi connectivity index (χ0v) is 17.7. The van der Waals surface area contributed by atoms with Crippen molar-refractivity contribution in [3.05, 3.63) is 42.0 Å². The number of ether oxygens (including phenoxy) is 3. The molecule has 0 aromatic heterocycles. The van der Waals surface area contributed by atoms with Gasteiger partial charge in [0.2, 0.25) is 0 Å². The summed E-state index contributed by atoms with van der Waals surface area (Å²) in [5, 5.41) is 11.1. The Morgan fingerprint density at radius 1 is 1.21 bits per heavy atom. The summed E-state index contributed by atoms with van der Waals surface area (Å²) in [7, 11) is 0. The minimum absolute atomic E-state index is 0.134. The van der Waals surface area contributed by atoms with Crippen molar-refractivity contribution in [3.63, 3.8) is 0 Å². The molecule has 7 atom stereocenters. The Morgan fingerprint density at radius 2 is 1.93 bits per heavy atom. The minimum atomic E-state index is -0.671. The van der Waals surface area contributed by atoms with Gasteiger partial charge in [0.05, 0.1) is 23.4 Å². The van der Waals surface area contributed by atoms with Gasteiger partial charge in [-0.3, -0.25) is 0 Å². The van der Waals surface area contributed by atoms with Crippen LogP contribution in [0.1, 0.15) is 52.5 Å². The van der Waals surface area contributed by atoms with Crippen molar-refractivity contribution >= 4 is 12.0 Å². The van der Waals surface area contributed by atoms with Gasteiger partial charge in [-0.1, -0.05) is 44.2 Å². The number of carbonyl (C=O) groups is 1. The lowest BCUT2D eigenvalue weighted by atomic mass is 9.76. The van der Waals surface area contributed by atoms with E-state index in [2.05, 4.69) is 27.7 Å². The number of rotatable bonds is 4. The predicted molar refractivity (Wildman–Crippen MR) is 110 cm³/mol. The SMILES string of the molecule is CC(C)[C@H]1[C@H](O)[C@@H]2O[C@@]2(C)CC[C@H]2O[C@@]2(C)C[C@H]1OC(=O)/C=C/c1ccccc1. The normalized spacial score (nSPS) is 41.5. The van der Waals surface area contributed by atoms with Gasteiger partial charge >= 0.3 is 5.97 Å². The lowest BCUT2D eigenvalue weighted by Crippen LogP contribution is -2.45. The van der Waals surface area contributed by atoms with Gasteiger partial charge in [0.1, 0.15) is 12.2 Å². The highest BCUT2D eigenvalue weighted by Crippen LogP contribution is 2.52. The molecule has 1 aromatic carbocycles. The summed E-state index contributed by atoms with van der Waals surface area (Å²) in [6, 6.07) is 9.65. The molecule has 1 saturated carbocycles. The maximum atomic E-state index is 12.6. The number of aliphatic hydroxyl groups excluding tert-OH is 1. The lowest BCUT2D eigenvalue weighted by Gasteiger charge is -2.34. The number of hydrogen-bond acceptors (Lipinski definition) is 5. The van der Waals surface area contributed by atoms with E-state index >= 15 is 0 Å². The van der Waals surface area contributed by atoms with Gasteiger partial charge in [0, 0.05) is 18.4 Å². The van der Waals surface area contributed by atoms with Crippen molar-refractivity contribution in [2.75, 3.05) is 0 Å². The van der Waals surface area contributed by atoms with Crippen molar-refractivity contribution < 1.29 is 24.1 Å². The van der Waals surface area contributed by atoms with E-state index in [0.29, 0.717) is 6.42 Å². The van der Waals surface area contributed by atoms with Crippen LogP contribution in [0.3, 0.4) is 0 Å². The maximum absolute atomic E-state index is 12.6. The van der Waals surface area contributed by atoms with Gasteiger partial charge in [-0.25, -0.2) is 4.79 Å². The van der Waals surface area contributed by atoms with Gasteiger partial charge in [-0.05, 0) is 44.2 Å². The molecule has 0 amide bonds. The first-order valence-electron chi connectivity index (χ1n) is 10.7. The smallest absolute Gasteiger partial charge is 0.331 e. The van der Waals surface area contributed by atoms with Crippen LogP contribution in [0.15, 0.2) is 36.4 Å². The van der Waals surface area contributed by atoms with Crippen molar-refractivity contribution in [3.8, 4) is 0 Å². The molecule has 5 heteroatoms. The molecule has 3 aliphatic rings. The highest BCUT2D eigenvalue weighted by molar-refractivity contribution is 5.87. The Morgan fingerprint density at radius 3 is 2.62 bits per heavy atom. The van der Waals surface area contributed by atoms with Crippen molar-refractivity contribution in [2.24, 2.45) is 11.8 Å². The number of benzene rings is 1. The van der Waals surface area contributed by atoms with Crippen LogP contribution in [0.2, 0.25) is 0 Å².